The lowest BCUT2D eigenvalue weighted by Crippen LogP contribution is -2.41. The first-order chi connectivity index (χ1) is 11.8. The van der Waals surface area contributed by atoms with E-state index in [1.54, 1.807) is 6.07 Å². The molecule has 0 fully saturated rings. The molecule has 2 aromatic carbocycles. The molecule has 0 aliphatic heterocycles. The smallest absolute Gasteiger partial charge is 0.436 e. The minimum absolute atomic E-state index is 0.108. The Morgan fingerprint density at radius 2 is 1.96 bits per heavy atom. The van der Waals surface area contributed by atoms with E-state index in [0.717, 1.165) is 11.1 Å². The van der Waals surface area contributed by atoms with Crippen molar-refractivity contribution in [2.75, 3.05) is 11.4 Å². The second kappa shape index (κ2) is 6.23. The van der Waals surface area contributed by atoms with Crippen LogP contribution >= 0.6 is 0 Å². The largest absolute Gasteiger partial charge is 0.471 e. The van der Waals surface area contributed by atoms with Crippen molar-refractivity contribution in [3.63, 3.8) is 0 Å². The number of carbonyl (C=O) groups excluding carboxylic acids is 1. The number of halogens is 3. The van der Waals surface area contributed by atoms with Gasteiger partial charge in [0.05, 0.1) is 0 Å². The fourth-order valence-electron chi connectivity index (χ4n) is 2.58. The monoisotopic (exact) mass is 348 g/mol. The Balaban J connectivity index is 2.01. The molecule has 1 heterocycles. The first-order valence-corrected chi connectivity index (χ1v) is 7.66. The molecule has 1 aromatic heterocycles. The molecule has 0 saturated carbocycles. The third-order valence-corrected chi connectivity index (χ3v) is 3.75. The predicted molar refractivity (Wildman–Crippen MR) is 88.3 cm³/mol. The summed E-state index contributed by atoms with van der Waals surface area (Å²) in [5.41, 5.74) is 2.76. The zero-order chi connectivity index (χ0) is 18.2. The van der Waals surface area contributed by atoms with E-state index < -0.39 is 12.1 Å². The lowest BCUT2D eigenvalue weighted by atomic mass is 10.1. The van der Waals surface area contributed by atoms with Gasteiger partial charge in [-0.2, -0.15) is 13.2 Å². The van der Waals surface area contributed by atoms with Gasteiger partial charge in [0.1, 0.15) is 5.52 Å². The van der Waals surface area contributed by atoms with Crippen LogP contribution in [0.5, 0.6) is 0 Å². The number of aryl methyl sites for hydroxylation is 1. The number of oxazole rings is 1. The third kappa shape index (κ3) is 3.35. The fraction of sp³-hybridized carbons (Fsp3) is 0.222. The van der Waals surface area contributed by atoms with E-state index in [4.69, 9.17) is 4.42 Å². The van der Waals surface area contributed by atoms with E-state index in [0.29, 0.717) is 21.9 Å². The SMILES string of the molecule is CCN(C(=O)C(F)(F)F)c1ccc2nc(-c3cccc(C)c3)oc2c1. The molecular weight excluding hydrogens is 333 g/mol. The van der Waals surface area contributed by atoms with Gasteiger partial charge in [-0.15, -0.1) is 0 Å². The quantitative estimate of drug-likeness (QED) is 0.688. The van der Waals surface area contributed by atoms with Gasteiger partial charge in [-0.1, -0.05) is 17.7 Å². The van der Waals surface area contributed by atoms with E-state index >= 15 is 0 Å². The summed E-state index contributed by atoms with van der Waals surface area (Å²) < 4.78 is 43.8. The number of benzene rings is 2. The minimum atomic E-state index is -4.93. The van der Waals surface area contributed by atoms with E-state index in [2.05, 4.69) is 4.98 Å². The molecule has 0 atom stereocenters. The number of hydrogen-bond acceptors (Lipinski definition) is 3. The molecule has 0 bridgehead atoms. The summed E-state index contributed by atoms with van der Waals surface area (Å²) in [6.07, 6.45) is -4.93. The average Bonchev–Trinajstić information content (AvgIpc) is 2.98. The highest BCUT2D eigenvalue weighted by atomic mass is 19.4. The van der Waals surface area contributed by atoms with Crippen molar-refractivity contribution < 1.29 is 22.4 Å². The fourth-order valence-corrected chi connectivity index (χ4v) is 2.58. The van der Waals surface area contributed by atoms with Gasteiger partial charge in [-0.25, -0.2) is 4.98 Å². The first kappa shape index (κ1) is 17.0. The Hall–Kier alpha value is -2.83. The number of alkyl halides is 3. The molecule has 0 aliphatic rings. The molecule has 1 amide bonds. The summed E-state index contributed by atoms with van der Waals surface area (Å²) in [4.78, 5) is 16.6. The van der Waals surface area contributed by atoms with Crippen LogP contribution in [0.4, 0.5) is 18.9 Å². The summed E-state index contributed by atoms with van der Waals surface area (Å²) in [6, 6.07) is 11.9. The van der Waals surface area contributed by atoms with Gasteiger partial charge < -0.3 is 9.32 Å². The van der Waals surface area contributed by atoms with Gasteiger partial charge in [0.15, 0.2) is 5.58 Å². The predicted octanol–water partition coefficient (Wildman–Crippen LogP) is 4.72. The van der Waals surface area contributed by atoms with Gasteiger partial charge >= 0.3 is 12.1 Å². The summed E-state index contributed by atoms with van der Waals surface area (Å²) in [7, 11) is 0. The van der Waals surface area contributed by atoms with Gasteiger partial charge in [0.2, 0.25) is 5.89 Å². The van der Waals surface area contributed by atoms with E-state index in [9.17, 15) is 18.0 Å². The number of fused-ring (bicyclic) bond motifs is 1. The molecule has 25 heavy (non-hydrogen) atoms. The van der Waals surface area contributed by atoms with Crippen LogP contribution in [0.3, 0.4) is 0 Å². The maximum Gasteiger partial charge on any atom is 0.471 e. The molecule has 0 aliphatic carbocycles. The zero-order valence-electron chi connectivity index (χ0n) is 13.6. The van der Waals surface area contributed by atoms with Crippen molar-refractivity contribution in [1.29, 1.82) is 0 Å². The maximum absolute atomic E-state index is 12.7. The van der Waals surface area contributed by atoms with Crippen molar-refractivity contribution in [2.45, 2.75) is 20.0 Å². The molecule has 3 aromatic rings. The number of hydrogen-bond donors (Lipinski definition) is 0. The van der Waals surface area contributed by atoms with Crippen LogP contribution in [-0.2, 0) is 4.79 Å². The topological polar surface area (TPSA) is 46.3 Å². The van der Waals surface area contributed by atoms with Crippen LogP contribution in [0.15, 0.2) is 46.9 Å². The second-order valence-electron chi connectivity index (χ2n) is 5.59. The van der Waals surface area contributed by atoms with E-state index in [1.807, 2.05) is 31.2 Å². The summed E-state index contributed by atoms with van der Waals surface area (Å²) in [6.45, 7) is 3.31. The van der Waals surface area contributed by atoms with Crippen LogP contribution in [0.2, 0.25) is 0 Å². The molecular formula is C18H15F3N2O2. The number of rotatable bonds is 3. The van der Waals surface area contributed by atoms with Crippen molar-refractivity contribution in [1.82, 2.24) is 4.98 Å². The highest BCUT2D eigenvalue weighted by Gasteiger charge is 2.42. The number of nitrogens with zero attached hydrogens (tertiary/aromatic N) is 2. The van der Waals surface area contributed by atoms with E-state index in [1.165, 1.54) is 19.1 Å². The van der Waals surface area contributed by atoms with Gasteiger partial charge in [-0.05, 0) is 38.1 Å². The van der Waals surface area contributed by atoms with E-state index in [-0.39, 0.29) is 12.2 Å². The molecule has 0 N–H and O–H groups in total. The normalized spacial score (nSPS) is 11.7. The van der Waals surface area contributed by atoms with Crippen molar-refractivity contribution in [2.24, 2.45) is 0 Å². The Morgan fingerprint density at radius 1 is 1.20 bits per heavy atom. The number of amides is 1. The highest BCUT2D eigenvalue weighted by molar-refractivity contribution is 5.98. The van der Waals surface area contributed by atoms with Crippen LogP contribution in [0.1, 0.15) is 12.5 Å². The lowest BCUT2D eigenvalue weighted by Gasteiger charge is -2.21. The zero-order valence-corrected chi connectivity index (χ0v) is 13.6. The molecule has 0 spiro atoms. The Kier molecular flexibility index (Phi) is 4.24. The Bertz CT molecular complexity index is 931. The van der Waals surface area contributed by atoms with Gasteiger partial charge in [0, 0.05) is 23.9 Å². The Morgan fingerprint density at radius 3 is 2.60 bits per heavy atom. The highest BCUT2D eigenvalue weighted by Crippen LogP contribution is 2.30. The van der Waals surface area contributed by atoms with Crippen LogP contribution < -0.4 is 4.90 Å². The molecule has 0 saturated heterocycles. The van der Waals surface area contributed by atoms with Crippen molar-refractivity contribution in [3.05, 3.63) is 48.0 Å². The van der Waals surface area contributed by atoms with Crippen LogP contribution in [0, 0.1) is 6.92 Å². The molecule has 0 unspecified atom stereocenters. The summed E-state index contributed by atoms with van der Waals surface area (Å²) >= 11 is 0. The minimum Gasteiger partial charge on any atom is -0.436 e. The molecule has 4 nitrogen and oxygen atoms in total. The van der Waals surface area contributed by atoms with Crippen molar-refractivity contribution >= 4 is 22.7 Å². The summed E-state index contributed by atoms with van der Waals surface area (Å²) in [5, 5.41) is 0. The molecule has 0 radical (unpaired) electrons. The average molecular weight is 348 g/mol. The standard InChI is InChI=1S/C18H15F3N2O2/c1-3-23(17(24)18(19,20)21)13-7-8-14-15(10-13)25-16(22-14)12-6-4-5-11(2)9-12/h4-10H,3H2,1-2H3. The molecule has 130 valence electrons. The summed E-state index contributed by atoms with van der Waals surface area (Å²) in [5.74, 6) is -1.53. The number of aromatic nitrogens is 1. The second-order valence-corrected chi connectivity index (χ2v) is 5.59. The number of anilines is 1. The van der Waals surface area contributed by atoms with Crippen LogP contribution in [0.25, 0.3) is 22.6 Å². The van der Waals surface area contributed by atoms with Gasteiger partial charge in [-0.3, -0.25) is 4.79 Å². The van der Waals surface area contributed by atoms with Gasteiger partial charge in [0.25, 0.3) is 0 Å². The third-order valence-electron chi connectivity index (χ3n) is 3.75. The number of carbonyl (C=O) groups is 1. The van der Waals surface area contributed by atoms with Crippen molar-refractivity contribution in [3.8, 4) is 11.5 Å². The molecule has 3 rings (SSSR count). The maximum atomic E-state index is 12.7. The first-order valence-electron chi connectivity index (χ1n) is 7.66. The Labute approximate surface area is 141 Å². The molecule has 7 heteroatoms. The lowest BCUT2D eigenvalue weighted by molar-refractivity contribution is -0.170. The van der Waals surface area contributed by atoms with Crippen LogP contribution in [-0.4, -0.2) is 23.6 Å².